The Balaban J connectivity index is 4.30. The van der Waals surface area contributed by atoms with Crippen molar-refractivity contribution in [1.29, 1.82) is 0 Å². The van der Waals surface area contributed by atoms with E-state index in [4.69, 9.17) is 14.2 Å². The zero-order valence-electron chi connectivity index (χ0n) is 43.3. The predicted molar refractivity (Wildman–Crippen MR) is 275 cm³/mol. The Bertz CT molecular complexity index is 993. The van der Waals surface area contributed by atoms with Crippen LogP contribution < -0.4 is 0 Å². The average molecular weight is 904 g/mol. The van der Waals surface area contributed by atoms with Gasteiger partial charge in [-0.15, -0.1) is 0 Å². The molecule has 0 aliphatic carbocycles. The van der Waals surface area contributed by atoms with Crippen LogP contribution in [-0.2, 0) is 28.6 Å². The summed E-state index contributed by atoms with van der Waals surface area (Å²) in [5, 5.41) is 0. The minimum absolute atomic E-state index is 0.0674. The van der Waals surface area contributed by atoms with Gasteiger partial charge in [0.25, 0.3) is 0 Å². The third kappa shape index (κ3) is 51.1. The summed E-state index contributed by atoms with van der Waals surface area (Å²) in [4.78, 5) is 38.1. The summed E-state index contributed by atoms with van der Waals surface area (Å²) in [6.45, 7) is 6.68. The van der Waals surface area contributed by atoms with Crippen LogP contribution >= 0.6 is 0 Å². The largest absolute Gasteiger partial charge is 0.462 e. The lowest BCUT2D eigenvalue weighted by Crippen LogP contribution is -2.30. The lowest BCUT2D eigenvalue weighted by Gasteiger charge is -2.18. The normalized spacial score (nSPS) is 12.0. The molecule has 0 fully saturated rings. The molecule has 0 unspecified atom stereocenters. The number of esters is 3. The summed E-state index contributed by atoms with van der Waals surface area (Å²) in [6.07, 6.45) is 60.5. The monoisotopic (exact) mass is 903 g/mol. The number of allylic oxidation sites excluding steroid dienone is 2. The van der Waals surface area contributed by atoms with Crippen molar-refractivity contribution < 1.29 is 28.6 Å². The number of carbonyl (C=O) groups excluding carboxylic acids is 3. The second kappa shape index (κ2) is 53.8. The van der Waals surface area contributed by atoms with Crippen molar-refractivity contribution in [2.24, 2.45) is 0 Å². The number of hydrogen-bond donors (Lipinski definition) is 0. The summed E-state index contributed by atoms with van der Waals surface area (Å²) < 4.78 is 16.9. The van der Waals surface area contributed by atoms with E-state index in [0.717, 1.165) is 64.2 Å². The minimum Gasteiger partial charge on any atom is -0.462 e. The molecule has 6 nitrogen and oxygen atoms in total. The lowest BCUT2D eigenvalue weighted by molar-refractivity contribution is -0.167. The molecule has 0 spiro atoms. The maximum absolute atomic E-state index is 12.8. The van der Waals surface area contributed by atoms with Crippen LogP contribution in [0.25, 0.3) is 0 Å². The fourth-order valence-electron chi connectivity index (χ4n) is 8.68. The van der Waals surface area contributed by atoms with Crippen LogP contribution in [0.4, 0.5) is 0 Å². The summed E-state index contributed by atoms with van der Waals surface area (Å²) in [6, 6.07) is 0. The maximum atomic E-state index is 12.8. The van der Waals surface area contributed by atoms with Crippen LogP contribution in [0.3, 0.4) is 0 Å². The number of hydrogen-bond acceptors (Lipinski definition) is 6. The summed E-state index contributed by atoms with van der Waals surface area (Å²) >= 11 is 0. The van der Waals surface area contributed by atoms with Gasteiger partial charge in [0, 0.05) is 19.3 Å². The molecule has 0 rings (SSSR count). The highest BCUT2D eigenvalue weighted by molar-refractivity contribution is 5.71. The first-order valence-electron chi connectivity index (χ1n) is 28.7. The Morgan fingerprint density at radius 1 is 0.297 bits per heavy atom. The number of unbranched alkanes of at least 4 members (excludes halogenated alkanes) is 40. The van der Waals surface area contributed by atoms with Crippen LogP contribution in [0, 0.1) is 0 Å². The van der Waals surface area contributed by atoms with Crippen molar-refractivity contribution >= 4 is 17.9 Å². The summed E-state index contributed by atoms with van der Waals surface area (Å²) in [5.41, 5.74) is 0. The van der Waals surface area contributed by atoms with Crippen molar-refractivity contribution in [1.82, 2.24) is 0 Å². The van der Waals surface area contributed by atoms with E-state index >= 15 is 0 Å². The van der Waals surface area contributed by atoms with E-state index in [-0.39, 0.29) is 31.1 Å². The fraction of sp³-hybridized carbons (Fsp3) is 0.914. The molecular weight excluding hydrogens is 793 g/mol. The van der Waals surface area contributed by atoms with Crippen LogP contribution in [0.15, 0.2) is 12.2 Å². The fourth-order valence-corrected chi connectivity index (χ4v) is 8.68. The highest BCUT2D eigenvalue weighted by Gasteiger charge is 2.19. The molecular formula is C58H110O6. The van der Waals surface area contributed by atoms with Gasteiger partial charge in [-0.3, -0.25) is 14.4 Å². The van der Waals surface area contributed by atoms with Crippen LogP contribution in [0.5, 0.6) is 0 Å². The SMILES string of the molecule is CCCCCCC/C=C\CCCCCCCC(=O)O[C@H](COC(=O)CCCCCCCCCCCCCCCC)COC(=O)CCCCCCCCCCCCCCCCCCCC. The second-order valence-corrected chi connectivity index (χ2v) is 19.6. The van der Waals surface area contributed by atoms with Gasteiger partial charge in [0.05, 0.1) is 0 Å². The zero-order valence-corrected chi connectivity index (χ0v) is 43.3. The molecule has 0 N–H and O–H groups in total. The number of carbonyl (C=O) groups is 3. The predicted octanol–water partition coefficient (Wildman–Crippen LogP) is 18.9. The summed E-state index contributed by atoms with van der Waals surface area (Å²) in [5.74, 6) is -0.852. The average Bonchev–Trinajstić information content (AvgIpc) is 3.29. The van der Waals surface area contributed by atoms with E-state index in [0.29, 0.717) is 19.3 Å². The molecule has 64 heavy (non-hydrogen) atoms. The molecule has 0 saturated heterocycles. The van der Waals surface area contributed by atoms with Crippen molar-refractivity contribution in [2.45, 2.75) is 329 Å². The van der Waals surface area contributed by atoms with Gasteiger partial charge in [0.15, 0.2) is 6.10 Å². The van der Waals surface area contributed by atoms with E-state index in [1.165, 1.54) is 218 Å². The van der Waals surface area contributed by atoms with Crippen molar-refractivity contribution in [3.05, 3.63) is 12.2 Å². The Morgan fingerprint density at radius 3 is 0.781 bits per heavy atom. The minimum atomic E-state index is -0.768. The van der Waals surface area contributed by atoms with E-state index < -0.39 is 6.10 Å². The molecule has 0 saturated carbocycles. The third-order valence-electron chi connectivity index (χ3n) is 13.0. The smallest absolute Gasteiger partial charge is 0.306 e. The number of ether oxygens (including phenoxy) is 3. The van der Waals surface area contributed by atoms with Gasteiger partial charge in [0.1, 0.15) is 13.2 Å². The maximum Gasteiger partial charge on any atom is 0.306 e. The molecule has 0 bridgehead atoms. The van der Waals surface area contributed by atoms with Gasteiger partial charge in [-0.1, -0.05) is 270 Å². The molecule has 0 amide bonds. The first-order chi connectivity index (χ1) is 31.5. The van der Waals surface area contributed by atoms with E-state index in [1.54, 1.807) is 0 Å². The van der Waals surface area contributed by atoms with Crippen molar-refractivity contribution in [2.75, 3.05) is 13.2 Å². The first kappa shape index (κ1) is 62.1. The van der Waals surface area contributed by atoms with Crippen molar-refractivity contribution in [3.8, 4) is 0 Å². The molecule has 0 radical (unpaired) electrons. The Hall–Kier alpha value is -1.85. The molecule has 0 heterocycles. The van der Waals surface area contributed by atoms with E-state index in [9.17, 15) is 14.4 Å². The van der Waals surface area contributed by atoms with Crippen LogP contribution in [-0.4, -0.2) is 37.2 Å². The molecule has 0 aromatic rings. The van der Waals surface area contributed by atoms with E-state index in [2.05, 4.69) is 32.9 Å². The van der Waals surface area contributed by atoms with Gasteiger partial charge in [-0.2, -0.15) is 0 Å². The molecule has 378 valence electrons. The standard InChI is InChI=1S/C58H110O6/c1-4-7-10-13-16-19-22-25-28-29-30-31-34-36-39-42-45-48-51-57(60)63-54-55(64-58(61)52-49-46-43-40-37-33-27-24-21-18-15-12-9-6-3)53-62-56(59)50-47-44-41-38-35-32-26-23-20-17-14-11-8-5-2/h24,27,55H,4-23,25-26,28-54H2,1-3H3/b27-24-/t55-/m1/s1. The first-order valence-corrected chi connectivity index (χ1v) is 28.7. The number of rotatable bonds is 53. The molecule has 0 aromatic heterocycles. The Morgan fingerprint density at radius 2 is 0.516 bits per heavy atom. The lowest BCUT2D eigenvalue weighted by atomic mass is 10.0. The van der Waals surface area contributed by atoms with Gasteiger partial charge in [0.2, 0.25) is 0 Å². The molecule has 6 heteroatoms. The van der Waals surface area contributed by atoms with Gasteiger partial charge < -0.3 is 14.2 Å². The van der Waals surface area contributed by atoms with Gasteiger partial charge >= 0.3 is 17.9 Å². The van der Waals surface area contributed by atoms with Crippen molar-refractivity contribution in [3.63, 3.8) is 0 Å². The summed E-state index contributed by atoms with van der Waals surface area (Å²) in [7, 11) is 0. The molecule has 1 atom stereocenters. The van der Waals surface area contributed by atoms with Crippen LogP contribution in [0.2, 0.25) is 0 Å². The van der Waals surface area contributed by atoms with E-state index in [1.807, 2.05) is 0 Å². The molecule has 0 aliphatic heterocycles. The second-order valence-electron chi connectivity index (χ2n) is 19.6. The van der Waals surface area contributed by atoms with Gasteiger partial charge in [-0.25, -0.2) is 0 Å². The Kier molecular flexibility index (Phi) is 52.2. The zero-order chi connectivity index (χ0) is 46.5. The highest BCUT2D eigenvalue weighted by Crippen LogP contribution is 2.17. The van der Waals surface area contributed by atoms with Crippen LogP contribution in [0.1, 0.15) is 323 Å². The quantitative estimate of drug-likeness (QED) is 0.0262. The van der Waals surface area contributed by atoms with Gasteiger partial charge in [-0.05, 0) is 44.9 Å². The third-order valence-corrected chi connectivity index (χ3v) is 13.0. The Labute approximate surface area is 399 Å². The molecule has 0 aliphatic rings. The highest BCUT2D eigenvalue weighted by atomic mass is 16.6. The molecule has 0 aromatic carbocycles. The topological polar surface area (TPSA) is 78.9 Å².